The Labute approximate surface area is 131 Å². The lowest BCUT2D eigenvalue weighted by Gasteiger charge is -2.16. The lowest BCUT2D eigenvalue weighted by atomic mass is 10.1. The fraction of sp³-hybridized carbons (Fsp3) is 0.200. The van der Waals surface area contributed by atoms with Crippen LogP contribution in [-0.4, -0.2) is 26.2 Å². The largest absolute Gasteiger partial charge is 0.395 e. The normalized spacial score (nSPS) is 13.0. The Balaban J connectivity index is 2.22. The fourth-order valence-corrected chi connectivity index (χ4v) is 3.27. The number of benzene rings is 2. The van der Waals surface area contributed by atoms with Crippen molar-refractivity contribution in [1.82, 2.24) is 4.72 Å². The summed E-state index contributed by atoms with van der Waals surface area (Å²) in [6.07, 6.45) is 0.183. The summed E-state index contributed by atoms with van der Waals surface area (Å²) in [7, 11) is -4.31. The second-order valence-corrected chi connectivity index (χ2v) is 6.61. The Morgan fingerprint density at radius 1 is 1.04 bits per heavy atom. The molecule has 23 heavy (non-hydrogen) atoms. The summed E-state index contributed by atoms with van der Waals surface area (Å²) in [5, 5.41) is 9.32. The third-order valence-corrected chi connectivity index (χ3v) is 4.63. The molecule has 0 bridgehead atoms. The van der Waals surface area contributed by atoms with Gasteiger partial charge in [-0.1, -0.05) is 30.3 Å². The van der Waals surface area contributed by atoms with Crippen LogP contribution in [0.5, 0.6) is 0 Å². The van der Waals surface area contributed by atoms with E-state index < -0.39 is 45.0 Å². The molecule has 0 aliphatic rings. The molecule has 0 saturated carbocycles. The summed E-state index contributed by atoms with van der Waals surface area (Å²) in [5.41, 5.74) is 0.769. The SMILES string of the molecule is O=S(=O)(NC(CO)Cc1ccccc1)c1cc(F)c(F)c(F)c1. The smallest absolute Gasteiger partial charge is 0.241 e. The maximum absolute atomic E-state index is 13.2. The molecule has 0 radical (unpaired) electrons. The highest BCUT2D eigenvalue weighted by molar-refractivity contribution is 7.89. The monoisotopic (exact) mass is 345 g/mol. The molecule has 0 aliphatic carbocycles. The van der Waals surface area contributed by atoms with Crippen molar-refractivity contribution in [1.29, 1.82) is 0 Å². The molecular formula is C15H14F3NO3S. The number of hydrogen-bond acceptors (Lipinski definition) is 3. The summed E-state index contributed by atoms with van der Waals surface area (Å²) in [5.74, 6) is -4.95. The van der Waals surface area contributed by atoms with Crippen molar-refractivity contribution in [2.45, 2.75) is 17.4 Å². The van der Waals surface area contributed by atoms with Gasteiger partial charge in [0.05, 0.1) is 11.5 Å². The van der Waals surface area contributed by atoms with Crippen LogP contribution in [0, 0.1) is 17.5 Å². The highest BCUT2D eigenvalue weighted by Gasteiger charge is 2.23. The van der Waals surface area contributed by atoms with Gasteiger partial charge in [-0.15, -0.1) is 0 Å². The molecule has 0 aromatic heterocycles. The van der Waals surface area contributed by atoms with E-state index in [0.717, 1.165) is 5.56 Å². The Morgan fingerprint density at radius 3 is 2.13 bits per heavy atom. The lowest BCUT2D eigenvalue weighted by molar-refractivity contribution is 0.256. The molecule has 124 valence electrons. The molecule has 4 nitrogen and oxygen atoms in total. The van der Waals surface area contributed by atoms with E-state index in [9.17, 15) is 26.7 Å². The van der Waals surface area contributed by atoms with E-state index in [1.807, 2.05) is 0 Å². The van der Waals surface area contributed by atoms with Gasteiger partial charge >= 0.3 is 0 Å². The molecule has 0 heterocycles. The molecule has 0 fully saturated rings. The van der Waals surface area contributed by atoms with Gasteiger partial charge in [-0.05, 0) is 24.1 Å². The molecule has 2 aromatic rings. The van der Waals surface area contributed by atoms with Gasteiger partial charge in [0.1, 0.15) is 0 Å². The van der Waals surface area contributed by atoms with Crippen molar-refractivity contribution in [2.24, 2.45) is 0 Å². The zero-order chi connectivity index (χ0) is 17.0. The third-order valence-electron chi connectivity index (χ3n) is 3.13. The zero-order valence-electron chi connectivity index (χ0n) is 11.8. The maximum Gasteiger partial charge on any atom is 0.241 e. The number of hydrogen-bond donors (Lipinski definition) is 2. The number of aliphatic hydroxyl groups excluding tert-OH is 1. The molecule has 1 unspecified atom stereocenters. The van der Waals surface area contributed by atoms with E-state index in [0.29, 0.717) is 12.1 Å². The summed E-state index contributed by atoms with van der Waals surface area (Å²) in [6.45, 7) is -0.514. The third kappa shape index (κ3) is 4.31. The van der Waals surface area contributed by atoms with Crippen LogP contribution in [0.15, 0.2) is 47.4 Å². The van der Waals surface area contributed by atoms with Crippen molar-refractivity contribution in [2.75, 3.05) is 6.61 Å². The Morgan fingerprint density at radius 2 is 1.61 bits per heavy atom. The average Bonchev–Trinajstić information content (AvgIpc) is 2.52. The highest BCUT2D eigenvalue weighted by atomic mass is 32.2. The molecule has 0 spiro atoms. The number of sulfonamides is 1. The first-order valence-corrected chi connectivity index (χ1v) is 8.13. The average molecular weight is 345 g/mol. The van der Waals surface area contributed by atoms with Crippen molar-refractivity contribution in [3.8, 4) is 0 Å². The number of halogens is 3. The van der Waals surface area contributed by atoms with E-state index in [2.05, 4.69) is 4.72 Å². The minimum Gasteiger partial charge on any atom is -0.395 e. The van der Waals surface area contributed by atoms with Crippen LogP contribution in [0.1, 0.15) is 5.56 Å². The van der Waals surface area contributed by atoms with E-state index >= 15 is 0 Å². The first-order valence-electron chi connectivity index (χ1n) is 6.65. The topological polar surface area (TPSA) is 66.4 Å². The summed E-state index contributed by atoms with van der Waals surface area (Å²) >= 11 is 0. The lowest BCUT2D eigenvalue weighted by Crippen LogP contribution is -2.39. The van der Waals surface area contributed by atoms with E-state index in [-0.39, 0.29) is 6.42 Å². The van der Waals surface area contributed by atoms with Crippen molar-refractivity contribution in [3.05, 3.63) is 65.5 Å². The summed E-state index contributed by atoms with van der Waals surface area (Å²) < 4.78 is 65.7. The molecule has 2 N–H and O–H groups in total. The summed E-state index contributed by atoms with van der Waals surface area (Å²) in [6, 6.07) is 8.66. The van der Waals surface area contributed by atoms with Crippen LogP contribution in [-0.2, 0) is 16.4 Å². The first-order chi connectivity index (χ1) is 10.8. The number of rotatable bonds is 6. The molecule has 0 saturated heterocycles. The van der Waals surface area contributed by atoms with Gasteiger partial charge < -0.3 is 5.11 Å². The van der Waals surface area contributed by atoms with Gasteiger partial charge in [0.2, 0.25) is 10.0 Å². The van der Waals surface area contributed by atoms with Crippen molar-refractivity contribution >= 4 is 10.0 Å². The zero-order valence-corrected chi connectivity index (χ0v) is 12.7. The molecular weight excluding hydrogens is 331 g/mol. The predicted molar refractivity (Wildman–Crippen MR) is 77.7 cm³/mol. The highest BCUT2D eigenvalue weighted by Crippen LogP contribution is 2.18. The Hall–Kier alpha value is -1.90. The van der Waals surface area contributed by atoms with E-state index in [1.165, 1.54) is 0 Å². The second-order valence-electron chi connectivity index (χ2n) is 4.89. The molecule has 1 atom stereocenters. The first kappa shape index (κ1) is 17.5. The van der Waals surface area contributed by atoms with Crippen LogP contribution in [0.3, 0.4) is 0 Å². The fourth-order valence-electron chi connectivity index (χ4n) is 2.02. The van der Waals surface area contributed by atoms with Crippen LogP contribution in [0.25, 0.3) is 0 Å². The Kier molecular flexibility index (Phi) is 5.40. The molecule has 0 aliphatic heterocycles. The van der Waals surface area contributed by atoms with Gasteiger partial charge in [-0.25, -0.2) is 26.3 Å². The Bertz CT molecular complexity index is 759. The summed E-state index contributed by atoms with van der Waals surface area (Å²) in [4.78, 5) is -0.750. The van der Waals surface area contributed by atoms with Crippen molar-refractivity contribution < 1.29 is 26.7 Å². The number of nitrogens with one attached hydrogen (secondary N) is 1. The quantitative estimate of drug-likeness (QED) is 0.787. The van der Waals surface area contributed by atoms with Gasteiger partial charge in [-0.3, -0.25) is 0 Å². The van der Waals surface area contributed by atoms with Gasteiger partial charge in [0, 0.05) is 6.04 Å². The van der Waals surface area contributed by atoms with Gasteiger partial charge in [0.15, 0.2) is 17.5 Å². The molecule has 0 amide bonds. The van der Waals surface area contributed by atoms with Crippen LogP contribution in [0.2, 0.25) is 0 Å². The predicted octanol–water partition coefficient (Wildman–Crippen LogP) is 1.99. The second kappa shape index (κ2) is 7.12. The minimum absolute atomic E-state index is 0.183. The van der Waals surface area contributed by atoms with Crippen molar-refractivity contribution in [3.63, 3.8) is 0 Å². The molecule has 8 heteroatoms. The number of aliphatic hydroxyl groups is 1. The minimum atomic E-state index is -4.31. The van der Waals surface area contributed by atoms with Gasteiger partial charge in [-0.2, -0.15) is 0 Å². The van der Waals surface area contributed by atoms with Crippen LogP contribution < -0.4 is 4.72 Å². The van der Waals surface area contributed by atoms with Gasteiger partial charge in [0.25, 0.3) is 0 Å². The van der Waals surface area contributed by atoms with Crippen LogP contribution in [0.4, 0.5) is 13.2 Å². The van der Waals surface area contributed by atoms with E-state index in [4.69, 9.17) is 0 Å². The van der Waals surface area contributed by atoms with Crippen LogP contribution >= 0.6 is 0 Å². The molecule has 2 aromatic carbocycles. The van der Waals surface area contributed by atoms with E-state index in [1.54, 1.807) is 30.3 Å². The standard InChI is InChI=1S/C15H14F3NO3S/c16-13-7-12(8-14(17)15(13)18)23(21,22)19-11(9-20)6-10-4-2-1-3-5-10/h1-5,7-8,11,19-20H,6,9H2. The maximum atomic E-state index is 13.2. The molecule has 2 rings (SSSR count).